The molecule has 1 saturated heterocycles. The molecule has 0 aliphatic carbocycles. The molecule has 1 heterocycles. The minimum absolute atomic E-state index is 0.134. The van der Waals surface area contributed by atoms with E-state index in [9.17, 15) is 4.79 Å². The molecule has 1 rings (SSSR count). The highest BCUT2D eigenvalue weighted by Crippen LogP contribution is 2.30. The molecule has 0 aromatic rings. The molecule has 0 saturated carbocycles. The Balaban J connectivity index is 2.66. The Morgan fingerprint density at radius 3 is 2.50 bits per heavy atom. The molecular weight excluding hydrogens is 228 g/mol. The van der Waals surface area contributed by atoms with Crippen LogP contribution in [0, 0.1) is 16.7 Å². The minimum atomic E-state index is -0.463. The number of hydrogen-bond donors (Lipinski definition) is 0. The maximum atomic E-state index is 12.1. The van der Waals surface area contributed by atoms with Crippen LogP contribution in [0.4, 0.5) is 4.79 Å². The number of carbonyl (C=O) groups is 1. The molecule has 0 bridgehead atoms. The van der Waals surface area contributed by atoms with Crippen molar-refractivity contribution in [2.24, 2.45) is 5.41 Å². The van der Waals surface area contributed by atoms with Gasteiger partial charge in [-0.05, 0) is 53.9 Å². The molecular formula is C14H24N2O2. The highest BCUT2D eigenvalue weighted by molar-refractivity contribution is 5.68. The number of likely N-dealkylation sites (tertiary alicyclic amines) is 1. The van der Waals surface area contributed by atoms with Crippen LogP contribution in [0.3, 0.4) is 0 Å². The van der Waals surface area contributed by atoms with Crippen LogP contribution in [0.15, 0.2) is 0 Å². The standard InChI is InChI=1S/C14H24N2O2/c1-13(2,3)18-12(17)16-8-6-7-11(16)9-14(4,5)10-15/h11H,6-9H2,1-5H3. The maximum Gasteiger partial charge on any atom is 0.410 e. The Labute approximate surface area is 110 Å². The second kappa shape index (κ2) is 5.17. The van der Waals surface area contributed by atoms with E-state index in [4.69, 9.17) is 10.00 Å². The number of amides is 1. The van der Waals surface area contributed by atoms with Gasteiger partial charge in [0, 0.05) is 12.6 Å². The average Bonchev–Trinajstić information content (AvgIpc) is 2.62. The number of carbonyl (C=O) groups excluding carboxylic acids is 1. The molecule has 18 heavy (non-hydrogen) atoms. The molecule has 1 amide bonds. The Morgan fingerprint density at radius 2 is 2.00 bits per heavy atom. The SMILES string of the molecule is CC(C)(C#N)CC1CCCN1C(=O)OC(C)(C)C. The summed E-state index contributed by atoms with van der Waals surface area (Å²) >= 11 is 0. The van der Waals surface area contributed by atoms with Crippen LogP contribution in [-0.4, -0.2) is 29.2 Å². The van der Waals surface area contributed by atoms with Crippen molar-refractivity contribution in [2.45, 2.75) is 65.5 Å². The first-order chi connectivity index (χ1) is 8.14. The topological polar surface area (TPSA) is 53.3 Å². The zero-order valence-electron chi connectivity index (χ0n) is 12.1. The van der Waals surface area contributed by atoms with Gasteiger partial charge in [-0.15, -0.1) is 0 Å². The third-order valence-electron chi connectivity index (χ3n) is 3.05. The lowest BCUT2D eigenvalue weighted by atomic mass is 9.86. The molecule has 4 nitrogen and oxygen atoms in total. The summed E-state index contributed by atoms with van der Waals surface area (Å²) in [5.41, 5.74) is -0.857. The molecule has 0 N–H and O–H groups in total. The van der Waals surface area contributed by atoms with Gasteiger partial charge in [-0.3, -0.25) is 0 Å². The molecule has 4 heteroatoms. The number of hydrogen-bond acceptors (Lipinski definition) is 3. The molecule has 0 radical (unpaired) electrons. The van der Waals surface area contributed by atoms with E-state index in [2.05, 4.69) is 6.07 Å². The van der Waals surface area contributed by atoms with E-state index in [1.54, 1.807) is 4.90 Å². The predicted molar refractivity (Wildman–Crippen MR) is 70.0 cm³/mol. The monoisotopic (exact) mass is 252 g/mol. The lowest BCUT2D eigenvalue weighted by Gasteiger charge is -2.31. The van der Waals surface area contributed by atoms with E-state index in [0.717, 1.165) is 19.4 Å². The lowest BCUT2D eigenvalue weighted by Crippen LogP contribution is -2.41. The average molecular weight is 252 g/mol. The molecule has 1 aliphatic heterocycles. The summed E-state index contributed by atoms with van der Waals surface area (Å²) in [6.45, 7) is 10.2. The van der Waals surface area contributed by atoms with E-state index in [1.165, 1.54) is 0 Å². The van der Waals surface area contributed by atoms with Crippen molar-refractivity contribution in [1.29, 1.82) is 5.26 Å². The van der Waals surface area contributed by atoms with Crippen LogP contribution in [-0.2, 0) is 4.74 Å². The number of nitrogens with zero attached hydrogens (tertiary/aromatic N) is 2. The van der Waals surface area contributed by atoms with Crippen molar-refractivity contribution >= 4 is 6.09 Å². The highest BCUT2D eigenvalue weighted by atomic mass is 16.6. The van der Waals surface area contributed by atoms with Crippen molar-refractivity contribution in [2.75, 3.05) is 6.54 Å². The number of nitriles is 1. The second-order valence-electron chi connectivity index (χ2n) is 6.67. The van der Waals surface area contributed by atoms with Crippen molar-refractivity contribution in [1.82, 2.24) is 4.90 Å². The van der Waals surface area contributed by atoms with Crippen molar-refractivity contribution < 1.29 is 9.53 Å². The molecule has 0 spiro atoms. The van der Waals surface area contributed by atoms with Crippen LogP contribution in [0.2, 0.25) is 0 Å². The van der Waals surface area contributed by atoms with Crippen molar-refractivity contribution in [3.8, 4) is 6.07 Å². The molecule has 1 aliphatic rings. The van der Waals surface area contributed by atoms with Crippen molar-refractivity contribution in [3.05, 3.63) is 0 Å². The van der Waals surface area contributed by atoms with E-state index >= 15 is 0 Å². The van der Waals surface area contributed by atoms with E-state index in [-0.39, 0.29) is 12.1 Å². The summed E-state index contributed by atoms with van der Waals surface area (Å²) in [5, 5.41) is 9.08. The molecule has 0 aromatic carbocycles. The van der Waals surface area contributed by atoms with Gasteiger partial charge in [0.25, 0.3) is 0 Å². The summed E-state index contributed by atoms with van der Waals surface area (Å²) in [6.07, 6.45) is 2.41. The first-order valence-electron chi connectivity index (χ1n) is 6.55. The van der Waals surface area contributed by atoms with Gasteiger partial charge in [0.05, 0.1) is 11.5 Å². The van der Waals surface area contributed by atoms with Crippen LogP contribution >= 0.6 is 0 Å². The van der Waals surface area contributed by atoms with Crippen LogP contribution in [0.25, 0.3) is 0 Å². The first kappa shape index (κ1) is 14.8. The van der Waals surface area contributed by atoms with Gasteiger partial charge < -0.3 is 9.64 Å². The Kier molecular flexibility index (Phi) is 4.26. The summed E-state index contributed by atoms with van der Waals surface area (Å²) < 4.78 is 5.40. The Morgan fingerprint density at radius 1 is 1.39 bits per heavy atom. The van der Waals surface area contributed by atoms with Gasteiger partial charge in [-0.1, -0.05) is 0 Å². The van der Waals surface area contributed by atoms with E-state index in [0.29, 0.717) is 6.42 Å². The van der Waals surface area contributed by atoms with Gasteiger partial charge in [0.1, 0.15) is 5.60 Å². The summed E-state index contributed by atoms with van der Waals surface area (Å²) in [4.78, 5) is 13.8. The van der Waals surface area contributed by atoms with Gasteiger partial charge in [-0.25, -0.2) is 4.79 Å². The zero-order valence-corrected chi connectivity index (χ0v) is 12.1. The third-order valence-corrected chi connectivity index (χ3v) is 3.05. The molecule has 1 unspecified atom stereocenters. The van der Waals surface area contributed by atoms with Gasteiger partial charge in [-0.2, -0.15) is 5.26 Å². The van der Waals surface area contributed by atoms with E-state index < -0.39 is 11.0 Å². The minimum Gasteiger partial charge on any atom is -0.444 e. The summed E-state index contributed by atoms with van der Waals surface area (Å²) in [5.74, 6) is 0. The smallest absolute Gasteiger partial charge is 0.410 e. The maximum absolute atomic E-state index is 12.1. The Hall–Kier alpha value is -1.24. The predicted octanol–water partition coefficient (Wildman–Crippen LogP) is 3.33. The fraction of sp³-hybridized carbons (Fsp3) is 0.857. The fourth-order valence-corrected chi connectivity index (χ4v) is 2.24. The number of rotatable bonds is 2. The van der Waals surface area contributed by atoms with Gasteiger partial charge in [0.2, 0.25) is 0 Å². The zero-order chi connectivity index (χ0) is 14.0. The third kappa shape index (κ3) is 4.21. The second-order valence-corrected chi connectivity index (χ2v) is 6.67. The van der Waals surface area contributed by atoms with Crippen LogP contribution < -0.4 is 0 Å². The molecule has 1 fully saturated rings. The molecule has 0 aromatic heterocycles. The van der Waals surface area contributed by atoms with Crippen molar-refractivity contribution in [3.63, 3.8) is 0 Å². The number of ether oxygens (including phenoxy) is 1. The van der Waals surface area contributed by atoms with E-state index in [1.807, 2.05) is 34.6 Å². The van der Waals surface area contributed by atoms with Crippen LogP contribution in [0.5, 0.6) is 0 Å². The lowest BCUT2D eigenvalue weighted by molar-refractivity contribution is 0.0203. The summed E-state index contributed by atoms with van der Waals surface area (Å²) in [7, 11) is 0. The fourth-order valence-electron chi connectivity index (χ4n) is 2.24. The quantitative estimate of drug-likeness (QED) is 0.757. The molecule has 1 atom stereocenters. The Bertz CT molecular complexity index is 350. The highest BCUT2D eigenvalue weighted by Gasteiger charge is 2.35. The van der Waals surface area contributed by atoms with Gasteiger partial charge in [0.15, 0.2) is 0 Å². The van der Waals surface area contributed by atoms with Gasteiger partial charge >= 0.3 is 6.09 Å². The largest absolute Gasteiger partial charge is 0.444 e. The summed E-state index contributed by atoms with van der Waals surface area (Å²) in [6, 6.07) is 2.43. The molecule has 102 valence electrons. The normalized spacial score (nSPS) is 20.7. The van der Waals surface area contributed by atoms with Crippen LogP contribution in [0.1, 0.15) is 53.9 Å². The first-order valence-corrected chi connectivity index (χ1v) is 6.55.